The number of amides is 3. The maximum atomic E-state index is 14.5. The van der Waals surface area contributed by atoms with Crippen LogP contribution in [0.4, 0.5) is 0 Å². The van der Waals surface area contributed by atoms with E-state index in [1.54, 1.807) is 7.05 Å². The third-order valence-electron chi connectivity index (χ3n) is 12.0. The van der Waals surface area contributed by atoms with Crippen molar-refractivity contribution in [1.82, 2.24) is 40.5 Å². The molecule has 2 saturated heterocycles. The van der Waals surface area contributed by atoms with Crippen molar-refractivity contribution < 1.29 is 23.9 Å². The Morgan fingerprint density at radius 1 is 1.14 bits per heavy atom. The number of ether oxygens (including phenoxy) is 1. The average molecular weight is 825 g/mol. The van der Waals surface area contributed by atoms with Crippen LogP contribution < -0.4 is 16.1 Å². The number of carbonyl (C=O) groups excluding carboxylic acids is 4. The quantitative estimate of drug-likeness (QED) is 0.190. The highest BCUT2D eigenvalue weighted by Crippen LogP contribution is 2.42. The van der Waals surface area contributed by atoms with Gasteiger partial charge in [0.2, 0.25) is 11.8 Å². The predicted molar refractivity (Wildman–Crippen MR) is 230 cm³/mol. The second kappa shape index (κ2) is 17.5. The van der Waals surface area contributed by atoms with Gasteiger partial charge in [0.15, 0.2) is 0 Å². The highest BCUT2D eigenvalue weighted by atomic mass is 32.1. The molecule has 3 aliphatic heterocycles. The molecule has 6 bridgehead atoms. The molecule has 2 fully saturated rings. The minimum absolute atomic E-state index is 0.0889. The number of pyridine rings is 1. The first-order valence-electron chi connectivity index (χ1n) is 21.2. The number of aryl methyl sites for hydroxylation is 1. The molecule has 1 aromatic carbocycles. The first kappa shape index (κ1) is 42.5. The second-order valence-corrected chi connectivity index (χ2v) is 18.8. The number of thiazole rings is 1. The summed E-state index contributed by atoms with van der Waals surface area (Å²) in [4.78, 5) is 67.5. The van der Waals surface area contributed by atoms with Crippen LogP contribution >= 0.6 is 11.3 Å². The molecule has 0 radical (unpaired) electrons. The maximum Gasteiger partial charge on any atom is 0.324 e. The zero-order valence-corrected chi connectivity index (χ0v) is 36.6. The first-order valence-corrected chi connectivity index (χ1v) is 22.1. The van der Waals surface area contributed by atoms with Crippen LogP contribution in [-0.2, 0) is 43.3 Å². The Labute approximate surface area is 351 Å². The number of benzene rings is 1. The van der Waals surface area contributed by atoms with Gasteiger partial charge in [0.1, 0.15) is 18.1 Å². The Morgan fingerprint density at radius 2 is 1.93 bits per heavy atom. The molecule has 316 valence electrons. The third-order valence-corrected chi connectivity index (χ3v) is 12.9. The van der Waals surface area contributed by atoms with Crippen LogP contribution in [0.5, 0.6) is 0 Å². The van der Waals surface area contributed by atoms with Crippen LogP contribution in [0.25, 0.3) is 33.4 Å². The van der Waals surface area contributed by atoms with Crippen molar-refractivity contribution in [3.05, 3.63) is 58.2 Å². The number of aromatic nitrogens is 3. The highest BCUT2D eigenvalue weighted by Gasteiger charge is 2.39. The molecule has 4 aromatic rings. The van der Waals surface area contributed by atoms with Gasteiger partial charge in [0.25, 0.3) is 5.91 Å². The Bertz CT molecular complexity index is 2200. The van der Waals surface area contributed by atoms with E-state index in [2.05, 4.69) is 79.5 Å². The number of fused-ring (bicyclic) bond motifs is 6. The van der Waals surface area contributed by atoms with Gasteiger partial charge >= 0.3 is 5.97 Å². The number of cyclic esters (lactones) is 1. The van der Waals surface area contributed by atoms with Gasteiger partial charge in [-0.1, -0.05) is 47.6 Å². The van der Waals surface area contributed by atoms with Gasteiger partial charge in [-0.05, 0) is 80.8 Å². The van der Waals surface area contributed by atoms with E-state index in [9.17, 15) is 19.2 Å². The summed E-state index contributed by atoms with van der Waals surface area (Å²) in [6, 6.07) is 8.09. The average Bonchev–Trinajstić information content (AvgIpc) is 3.99. The predicted octanol–water partition coefficient (Wildman–Crippen LogP) is 5.71. The Morgan fingerprint density at radius 3 is 2.64 bits per heavy atom. The van der Waals surface area contributed by atoms with Gasteiger partial charge in [-0.2, -0.15) is 0 Å². The largest absolute Gasteiger partial charge is 0.464 e. The number of hydrogen-bond acceptors (Lipinski definition) is 10. The van der Waals surface area contributed by atoms with Crippen molar-refractivity contribution >= 4 is 45.9 Å². The van der Waals surface area contributed by atoms with E-state index >= 15 is 0 Å². The lowest BCUT2D eigenvalue weighted by Crippen LogP contribution is -2.62. The van der Waals surface area contributed by atoms with Gasteiger partial charge in [-0.25, -0.2) is 10.4 Å². The molecule has 6 heterocycles. The fourth-order valence-electron chi connectivity index (χ4n) is 9.06. The van der Waals surface area contributed by atoms with Crippen LogP contribution in [0.3, 0.4) is 0 Å². The number of carbonyl (C=O) groups is 4. The van der Waals surface area contributed by atoms with Gasteiger partial charge in [-0.3, -0.25) is 29.2 Å². The lowest BCUT2D eigenvalue weighted by Gasteiger charge is -2.36. The SMILES string of the molecule is CCn1c(-c2cccnc2C(C)C)c2c3cc(ccc31)-c1csc(n1)C[C@H](NC(=O)[C@H](C(C)C)N(C)C(=O)[C@H]1CCNC1)C(=O)N1CCC[C@H](N1)C(=O)OCC(C)(C)C2. The second-order valence-electron chi connectivity index (χ2n) is 17.9. The molecule has 13 nitrogen and oxygen atoms in total. The molecular formula is C45H60N8O5S. The Hall–Kier alpha value is -4.66. The van der Waals surface area contributed by atoms with Gasteiger partial charge in [-0.15, -0.1) is 11.3 Å². The molecular weight excluding hydrogens is 765 g/mol. The smallest absolute Gasteiger partial charge is 0.324 e. The van der Waals surface area contributed by atoms with Crippen molar-refractivity contribution in [3.8, 4) is 22.5 Å². The monoisotopic (exact) mass is 824 g/mol. The zero-order chi connectivity index (χ0) is 42.2. The van der Waals surface area contributed by atoms with Gasteiger partial charge in [0.05, 0.1) is 34.6 Å². The maximum absolute atomic E-state index is 14.5. The van der Waals surface area contributed by atoms with Crippen LogP contribution in [0.15, 0.2) is 41.9 Å². The van der Waals surface area contributed by atoms with Crippen molar-refractivity contribution in [1.29, 1.82) is 0 Å². The number of nitrogens with zero attached hydrogens (tertiary/aromatic N) is 5. The molecule has 0 aliphatic carbocycles. The molecule has 3 N–H and O–H groups in total. The number of rotatable bonds is 8. The lowest BCUT2D eigenvalue weighted by atomic mass is 9.84. The van der Waals surface area contributed by atoms with Gasteiger partial charge < -0.3 is 24.8 Å². The molecule has 3 amide bonds. The van der Waals surface area contributed by atoms with Crippen LogP contribution in [0, 0.1) is 17.3 Å². The molecule has 4 atom stereocenters. The molecule has 0 unspecified atom stereocenters. The van der Waals surface area contributed by atoms with E-state index in [-0.39, 0.29) is 42.6 Å². The van der Waals surface area contributed by atoms with Crippen LogP contribution in [0.1, 0.15) is 89.9 Å². The minimum atomic E-state index is -1.01. The fraction of sp³-hybridized carbons (Fsp3) is 0.556. The molecule has 0 spiro atoms. The number of hydrazine groups is 1. The van der Waals surface area contributed by atoms with Crippen molar-refractivity contribution in [2.45, 2.75) is 111 Å². The van der Waals surface area contributed by atoms with Crippen molar-refractivity contribution in [3.63, 3.8) is 0 Å². The van der Waals surface area contributed by atoms with Gasteiger partial charge in [0, 0.05) is 72.1 Å². The summed E-state index contributed by atoms with van der Waals surface area (Å²) in [5, 5.41) is 11.5. The number of hydrogen-bond donors (Lipinski definition) is 3. The summed E-state index contributed by atoms with van der Waals surface area (Å²) < 4.78 is 8.47. The molecule has 59 heavy (non-hydrogen) atoms. The summed E-state index contributed by atoms with van der Waals surface area (Å²) >= 11 is 1.44. The highest BCUT2D eigenvalue weighted by molar-refractivity contribution is 7.10. The summed E-state index contributed by atoms with van der Waals surface area (Å²) in [5.41, 5.74) is 9.94. The molecule has 7 rings (SSSR count). The summed E-state index contributed by atoms with van der Waals surface area (Å²) in [5.74, 6) is -1.50. The molecule has 3 aliphatic rings. The van der Waals surface area contributed by atoms with Crippen molar-refractivity contribution in [2.24, 2.45) is 17.3 Å². The van der Waals surface area contributed by atoms with E-state index in [4.69, 9.17) is 14.7 Å². The molecule has 14 heteroatoms. The van der Waals surface area contributed by atoms with E-state index in [0.29, 0.717) is 43.8 Å². The zero-order valence-electron chi connectivity index (χ0n) is 35.8. The molecule has 3 aromatic heterocycles. The Kier molecular flexibility index (Phi) is 12.6. The fourth-order valence-corrected chi connectivity index (χ4v) is 9.91. The lowest BCUT2D eigenvalue weighted by molar-refractivity contribution is -0.155. The summed E-state index contributed by atoms with van der Waals surface area (Å²) in [6.45, 7) is 17.2. The first-order chi connectivity index (χ1) is 28.2. The van der Waals surface area contributed by atoms with E-state index in [1.165, 1.54) is 26.8 Å². The third kappa shape index (κ3) is 8.81. The minimum Gasteiger partial charge on any atom is -0.464 e. The van der Waals surface area contributed by atoms with E-state index < -0.39 is 35.4 Å². The number of nitrogens with one attached hydrogen (secondary N) is 3. The molecule has 0 saturated carbocycles. The van der Waals surface area contributed by atoms with Crippen molar-refractivity contribution in [2.75, 3.05) is 33.3 Å². The summed E-state index contributed by atoms with van der Waals surface area (Å²) in [6.07, 6.45) is 4.42. The van der Waals surface area contributed by atoms with Crippen LogP contribution in [0.2, 0.25) is 0 Å². The van der Waals surface area contributed by atoms with E-state index in [1.807, 2.05) is 31.5 Å². The topological polar surface area (TPSA) is 151 Å². The van der Waals surface area contributed by atoms with Crippen LogP contribution in [-0.4, -0.2) is 99.5 Å². The summed E-state index contributed by atoms with van der Waals surface area (Å²) in [7, 11) is 1.67. The van der Waals surface area contributed by atoms with E-state index in [0.717, 1.165) is 52.2 Å². The normalized spacial score (nSPS) is 21.7. The number of likely N-dealkylation sites (N-methyl/N-ethyl adjacent to an activating group) is 1. The number of esters is 1. The Balaban J connectivity index is 1.30. The standard InChI is InChI=1S/C45H60N8O5S/c1-9-52-36-15-14-28-20-31(36)32(40(52)30-12-10-17-47-38(30)26(2)3)22-45(6,7)25-58-44(57)33-13-11-19-53(50-33)43(56)34(21-37-48-35(28)24-59-37)49-41(54)39(27(4)5)51(8)42(55)29-16-18-46-23-29/h10,12,14-15,17,20,24,26-27,29,33-34,39,46,50H,9,11,13,16,18-19,21-23,25H2,1-8H3,(H,49,54)/t29-,33-,34-,39-/m0/s1.